The molecule has 4 rings (SSSR count). The summed E-state index contributed by atoms with van der Waals surface area (Å²) in [7, 11) is 0. The molecule has 0 saturated carbocycles. The Bertz CT molecular complexity index is 1210. The molecule has 1 aliphatic rings. The molecule has 0 radical (unpaired) electrons. The number of fused-ring (bicyclic) bond motifs is 3. The minimum atomic E-state index is -1.01. The van der Waals surface area contributed by atoms with E-state index in [4.69, 9.17) is 21.4 Å². The predicted molar refractivity (Wildman–Crippen MR) is 129 cm³/mol. The standard InChI is InChI=1S/C26H23ClN2O5/c1-15(12-24(30)31)28-25(32)16-10-11-23(22(27)13-16)29-26(33)34-14-21-19-8-4-2-6-17(19)18-7-3-5-9-20(18)21/h2-11,13,15,21H,12,14H2,1H3,(H,28,32)(H,29,33)(H,30,31). The van der Waals surface area contributed by atoms with Gasteiger partial charge in [-0.1, -0.05) is 60.1 Å². The van der Waals surface area contributed by atoms with Gasteiger partial charge in [0.15, 0.2) is 0 Å². The third kappa shape index (κ3) is 5.05. The van der Waals surface area contributed by atoms with Crippen molar-refractivity contribution in [2.24, 2.45) is 0 Å². The summed E-state index contributed by atoms with van der Waals surface area (Å²) in [5.74, 6) is -1.52. The maximum absolute atomic E-state index is 12.5. The lowest BCUT2D eigenvalue weighted by molar-refractivity contribution is -0.137. The highest BCUT2D eigenvalue weighted by Gasteiger charge is 2.29. The fourth-order valence-corrected chi connectivity index (χ4v) is 4.35. The first-order chi connectivity index (χ1) is 16.3. The number of anilines is 1. The number of carbonyl (C=O) groups excluding carboxylic acids is 2. The summed E-state index contributed by atoms with van der Waals surface area (Å²) in [4.78, 5) is 35.5. The van der Waals surface area contributed by atoms with Crippen molar-refractivity contribution in [2.45, 2.75) is 25.3 Å². The van der Waals surface area contributed by atoms with E-state index in [1.54, 1.807) is 6.92 Å². The molecular formula is C26H23ClN2O5. The molecule has 174 valence electrons. The minimum Gasteiger partial charge on any atom is -0.481 e. The zero-order chi connectivity index (χ0) is 24.2. The largest absolute Gasteiger partial charge is 0.481 e. The monoisotopic (exact) mass is 478 g/mol. The number of aliphatic carboxylic acids is 1. The molecule has 0 bridgehead atoms. The molecule has 2 amide bonds. The Hall–Kier alpha value is -3.84. The van der Waals surface area contributed by atoms with Crippen LogP contribution >= 0.6 is 11.6 Å². The van der Waals surface area contributed by atoms with E-state index in [1.807, 2.05) is 36.4 Å². The molecule has 0 spiro atoms. The van der Waals surface area contributed by atoms with E-state index >= 15 is 0 Å². The number of carboxylic acid groups (broad SMARTS) is 1. The van der Waals surface area contributed by atoms with Crippen molar-refractivity contribution in [3.63, 3.8) is 0 Å². The number of nitrogens with one attached hydrogen (secondary N) is 2. The Morgan fingerprint density at radius 1 is 1.00 bits per heavy atom. The molecule has 7 nitrogen and oxygen atoms in total. The summed E-state index contributed by atoms with van der Waals surface area (Å²) in [6, 6.07) is 20.0. The van der Waals surface area contributed by atoms with Gasteiger partial charge in [-0.15, -0.1) is 0 Å². The van der Waals surface area contributed by atoms with Gasteiger partial charge in [0.25, 0.3) is 5.91 Å². The van der Waals surface area contributed by atoms with Crippen molar-refractivity contribution in [1.82, 2.24) is 5.32 Å². The first kappa shape index (κ1) is 23.3. The fourth-order valence-electron chi connectivity index (χ4n) is 4.12. The highest BCUT2D eigenvalue weighted by atomic mass is 35.5. The van der Waals surface area contributed by atoms with Gasteiger partial charge in [0.05, 0.1) is 17.1 Å². The van der Waals surface area contributed by atoms with Crippen molar-refractivity contribution in [3.8, 4) is 11.1 Å². The normalized spacial score (nSPS) is 12.9. The number of carboxylic acids is 1. The van der Waals surface area contributed by atoms with Gasteiger partial charge in [-0.2, -0.15) is 0 Å². The first-order valence-corrected chi connectivity index (χ1v) is 11.2. The molecule has 1 aliphatic carbocycles. The van der Waals surface area contributed by atoms with Gasteiger partial charge < -0.3 is 15.2 Å². The molecule has 3 N–H and O–H groups in total. The van der Waals surface area contributed by atoms with Crippen molar-refractivity contribution in [2.75, 3.05) is 11.9 Å². The molecule has 0 heterocycles. The SMILES string of the molecule is CC(CC(=O)O)NC(=O)c1ccc(NC(=O)OCC2c3ccccc3-c3ccccc32)c(Cl)c1. The van der Waals surface area contributed by atoms with Crippen LogP contribution in [-0.4, -0.2) is 35.7 Å². The number of ether oxygens (including phenoxy) is 1. The van der Waals surface area contributed by atoms with E-state index in [0.717, 1.165) is 22.3 Å². The van der Waals surface area contributed by atoms with Crippen molar-refractivity contribution < 1.29 is 24.2 Å². The fraction of sp³-hybridized carbons (Fsp3) is 0.192. The molecule has 1 unspecified atom stereocenters. The molecular weight excluding hydrogens is 456 g/mol. The number of hydrogen-bond donors (Lipinski definition) is 3. The number of halogens is 1. The quantitative estimate of drug-likeness (QED) is 0.427. The highest BCUT2D eigenvalue weighted by molar-refractivity contribution is 6.34. The Balaban J connectivity index is 1.38. The number of amides is 2. The van der Waals surface area contributed by atoms with Crippen molar-refractivity contribution in [3.05, 3.63) is 88.4 Å². The molecule has 0 aliphatic heterocycles. The number of hydrogen-bond acceptors (Lipinski definition) is 4. The Labute approximate surface area is 201 Å². The zero-order valence-electron chi connectivity index (χ0n) is 18.4. The van der Waals surface area contributed by atoms with Crippen LogP contribution in [0.15, 0.2) is 66.7 Å². The third-order valence-electron chi connectivity index (χ3n) is 5.67. The van der Waals surface area contributed by atoms with Gasteiger partial charge >= 0.3 is 12.1 Å². The van der Waals surface area contributed by atoms with Gasteiger partial charge in [0.2, 0.25) is 0 Å². The van der Waals surface area contributed by atoms with E-state index in [-0.39, 0.29) is 29.5 Å². The van der Waals surface area contributed by atoms with Crippen LogP contribution in [0.25, 0.3) is 11.1 Å². The predicted octanol–water partition coefficient (Wildman–Crippen LogP) is 5.29. The summed E-state index contributed by atoms with van der Waals surface area (Å²) >= 11 is 6.26. The van der Waals surface area contributed by atoms with Gasteiger partial charge in [-0.3, -0.25) is 14.9 Å². The van der Waals surface area contributed by atoms with Crippen LogP contribution in [0.2, 0.25) is 5.02 Å². The van der Waals surface area contributed by atoms with Crippen LogP contribution in [0.4, 0.5) is 10.5 Å². The van der Waals surface area contributed by atoms with E-state index in [9.17, 15) is 14.4 Å². The molecule has 3 aromatic rings. The molecule has 0 fully saturated rings. The topological polar surface area (TPSA) is 105 Å². The summed E-state index contributed by atoms with van der Waals surface area (Å²) in [6.45, 7) is 1.76. The molecule has 0 saturated heterocycles. The smallest absolute Gasteiger partial charge is 0.411 e. The Kier molecular flexibility index (Phi) is 6.84. The van der Waals surface area contributed by atoms with Crippen LogP contribution in [0.5, 0.6) is 0 Å². The zero-order valence-corrected chi connectivity index (χ0v) is 19.1. The van der Waals surface area contributed by atoms with Crippen molar-refractivity contribution >= 4 is 35.3 Å². The molecule has 34 heavy (non-hydrogen) atoms. The molecule has 3 aromatic carbocycles. The second kappa shape index (κ2) is 9.97. The van der Waals surface area contributed by atoms with E-state index in [2.05, 4.69) is 22.8 Å². The third-order valence-corrected chi connectivity index (χ3v) is 5.98. The summed E-state index contributed by atoms with van der Waals surface area (Å²) in [5, 5.41) is 14.2. The molecule has 8 heteroatoms. The lowest BCUT2D eigenvalue weighted by Crippen LogP contribution is -2.34. The average Bonchev–Trinajstić information content (AvgIpc) is 3.12. The second-order valence-electron chi connectivity index (χ2n) is 8.12. The van der Waals surface area contributed by atoms with E-state index in [0.29, 0.717) is 5.69 Å². The van der Waals surface area contributed by atoms with Crippen molar-refractivity contribution in [1.29, 1.82) is 0 Å². The van der Waals surface area contributed by atoms with Crippen LogP contribution in [0, 0.1) is 0 Å². The van der Waals surface area contributed by atoms with Gasteiger partial charge in [-0.05, 0) is 47.4 Å². The minimum absolute atomic E-state index is 0.0625. The summed E-state index contributed by atoms with van der Waals surface area (Å²) in [6.07, 6.45) is -0.850. The van der Waals surface area contributed by atoms with E-state index < -0.39 is 24.0 Å². The van der Waals surface area contributed by atoms with Crippen LogP contribution in [-0.2, 0) is 9.53 Å². The maximum atomic E-state index is 12.5. The highest BCUT2D eigenvalue weighted by Crippen LogP contribution is 2.44. The maximum Gasteiger partial charge on any atom is 0.411 e. The van der Waals surface area contributed by atoms with Crippen LogP contribution in [0.1, 0.15) is 40.7 Å². The Morgan fingerprint density at radius 3 is 2.21 bits per heavy atom. The van der Waals surface area contributed by atoms with Gasteiger partial charge in [0, 0.05) is 17.5 Å². The van der Waals surface area contributed by atoms with Crippen LogP contribution < -0.4 is 10.6 Å². The lowest BCUT2D eigenvalue weighted by atomic mass is 9.98. The van der Waals surface area contributed by atoms with Gasteiger partial charge in [0.1, 0.15) is 6.61 Å². The van der Waals surface area contributed by atoms with Gasteiger partial charge in [-0.25, -0.2) is 4.79 Å². The number of benzene rings is 3. The van der Waals surface area contributed by atoms with Crippen LogP contribution in [0.3, 0.4) is 0 Å². The number of carbonyl (C=O) groups is 3. The molecule has 0 aromatic heterocycles. The van der Waals surface area contributed by atoms with E-state index in [1.165, 1.54) is 18.2 Å². The summed E-state index contributed by atoms with van der Waals surface area (Å²) < 4.78 is 5.52. The first-order valence-electron chi connectivity index (χ1n) is 10.8. The molecule has 1 atom stereocenters. The number of rotatable bonds is 7. The average molecular weight is 479 g/mol. The Morgan fingerprint density at radius 2 is 1.62 bits per heavy atom. The summed E-state index contributed by atoms with van der Waals surface area (Å²) in [5.41, 5.74) is 5.06. The lowest BCUT2D eigenvalue weighted by Gasteiger charge is -2.15. The second-order valence-corrected chi connectivity index (χ2v) is 8.52.